The molecular formula is C20H32O6. The number of hydrogen-bond acceptors (Lipinski definition) is 6. The third-order valence-corrected chi connectivity index (χ3v) is 8.76. The molecule has 1 spiro atoms. The van der Waals surface area contributed by atoms with Crippen LogP contribution in [-0.4, -0.2) is 66.3 Å². The van der Waals surface area contributed by atoms with E-state index < -0.39 is 52.4 Å². The molecule has 10 atom stereocenters. The molecule has 2 bridgehead atoms. The third kappa shape index (κ3) is 1.84. The summed E-state index contributed by atoms with van der Waals surface area (Å²) < 4.78 is 0. The van der Waals surface area contributed by atoms with E-state index in [0.717, 1.165) is 0 Å². The van der Waals surface area contributed by atoms with Crippen LogP contribution in [0.4, 0.5) is 0 Å². The van der Waals surface area contributed by atoms with Gasteiger partial charge in [-0.05, 0) is 38.5 Å². The molecule has 0 amide bonds. The minimum atomic E-state index is -1.75. The first-order valence-corrected chi connectivity index (χ1v) is 9.68. The number of rotatable bonds is 0. The topological polar surface area (TPSA) is 121 Å². The minimum Gasteiger partial charge on any atom is -0.392 e. The van der Waals surface area contributed by atoms with Gasteiger partial charge in [-0.2, -0.15) is 0 Å². The van der Waals surface area contributed by atoms with Gasteiger partial charge >= 0.3 is 0 Å². The smallest absolute Gasteiger partial charge is 0.107 e. The Hall–Kier alpha value is -0.500. The zero-order chi connectivity index (χ0) is 19.4. The minimum absolute atomic E-state index is 0.111. The summed E-state index contributed by atoms with van der Waals surface area (Å²) in [6.45, 7) is 9.22. The largest absolute Gasteiger partial charge is 0.392 e. The van der Waals surface area contributed by atoms with E-state index >= 15 is 0 Å². The summed E-state index contributed by atoms with van der Waals surface area (Å²) in [4.78, 5) is 0. The average Bonchev–Trinajstić information content (AvgIpc) is 2.70. The first-order valence-electron chi connectivity index (χ1n) is 9.68. The Morgan fingerprint density at radius 1 is 0.962 bits per heavy atom. The van der Waals surface area contributed by atoms with E-state index in [9.17, 15) is 30.6 Å². The Kier molecular flexibility index (Phi) is 3.70. The van der Waals surface area contributed by atoms with Gasteiger partial charge < -0.3 is 30.6 Å². The van der Waals surface area contributed by atoms with Gasteiger partial charge in [0.2, 0.25) is 0 Å². The van der Waals surface area contributed by atoms with Gasteiger partial charge in [-0.25, -0.2) is 0 Å². The van der Waals surface area contributed by atoms with Crippen molar-refractivity contribution in [3.05, 3.63) is 12.2 Å². The molecule has 6 N–H and O–H groups in total. The summed E-state index contributed by atoms with van der Waals surface area (Å²) in [6.07, 6.45) is -2.72. The molecule has 0 heterocycles. The molecule has 148 valence electrons. The van der Waals surface area contributed by atoms with Gasteiger partial charge in [0.25, 0.3) is 0 Å². The summed E-state index contributed by atoms with van der Waals surface area (Å²) >= 11 is 0. The van der Waals surface area contributed by atoms with E-state index in [-0.39, 0.29) is 18.3 Å². The fraction of sp³-hybridized carbons (Fsp3) is 0.900. The highest BCUT2D eigenvalue weighted by molar-refractivity contribution is 5.33. The van der Waals surface area contributed by atoms with Gasteiger partial charge in [-0.1, -0.05) is 26.0 Å². The van der Waals surface area contributed by atoms with Crippen molar-refractivity contribution in [3.8, 4) is 0 Å². The zero-order valence-electron chi connectivity index (χ0n) is 15.8. The predicted molar refractivity (Wildman–Crippen MR) is 93.9 cm³/mol. The monoisotopic (exact) mass is 368 g/mol. The van der Waals surface area contributed by atoms with E-state index in [1.54, 1.807) is 20.8 Å². The van der Waals surface area contributed by atoms with Crippen LogP contribution in [0, 0.1) is 28.6 Å². The molecule has 4 saturated carbocycles. The van der Waals surface area contributed by atoms with Crippen LogP contribution < -0.4 is 0 Å². The molecule has 26 heavy (non-hydrogen) atoms. The molecule has 0 aromatic rings. The van der Waals surface area contributed by atoms with Gasteiger partial charge in [-0.3, -0.25) is 0 Å². The van der Waals surface area contributed by atoms with Crippen LogP contribution in [0.2, 0.25) is 0 Å². The lowest BCUT2D eigenvalue weighted by Crippen LogP contribution is -2.57. The maximum Gasteiger partial charge on any atom is 0.107 e. The first kappa shape index (κ1) is 18.8. The average molecular weight is 368 g/mol. The first-order chi connectivity index (χ1) is 11.8. The fourth-order valence-electron chi connectivity index (χ4n) is 7.34. The quantitative estimate of drug-likeness (QED) is 0.333. The molecule has 0 aliphatic heterocycles. The van der Waals surface area contributed by atoms with Crippen LogP contribution in [0.5, 0.6) is 0 Å². The molecule has 6 heteroatoms. The van der Waals surface area contributed by atoms with Crippen molar-refractivity contribution in [2.75, 3.05) is 0 Å². The summed E-state index contributed by atoms with van der Waals surface area (Å²) in [5.74, 6) is -1.37. The molecule has 0 saturated heterocycles. The molecule has 0 unspecified atom stereocenters. The van der Waals surface area contributed by atoms with E-state index in [1.165, 1.54) is 0 Å². The summed E-state index contributed by atoms with van der Waals surface area (Å²) in [5.41, 5.74) is -4.13. The maximum absolute atomic E-state index is 11.6. The van der Waals surface area contributed by atoms with Gasteiger partial charge in [-0.15, -0.1) is 0 Å². The molecule has 4 fully saturated rings. The Morgan fingerprint density at radius 2 is 1.58 bits per heavy atom. The van der Waals surface area contributed by atoms with Crippen LogP contribution in [0.3, 0.4) is 0 Å². The van der Waals surface area contributed by atoms with Crippen molar-refractivity contribution >= 4 is 0 Å². The van der Waals surface area contributed by atoms with E-state index in [4.69, 9.17) is 0 Å². The summed E-state index contributed by atoms with van der Waals surface area (Å²) in [5, 5.41) is 66.0. The van der Waals surface area contributed by atoms with Crippen LogP contribution >= 0.6 is 0 Å². The number of aliphatic hydroxyl groups is 6. The number of fused-ring (bicyclic) bond motifs is 2. The highest BCUT2D eigenvalue weighted by atomic mass is 16.4. The normalized spacial score (nSPS) is 61.1. The Bertz CT molecular complexity index is 644. The highest BCUT2D eigenvalue weighted by Crippen LogP contribution is 2.68. The SMILES string of the molecule is C=C1[C@@H]2[C@H](O)[C@H](O)C(C)(C)[C@@]2(O)[C@@H](O)C[C@]23C[C@@](C)(O)[C@H](CC[C@@H]12)[C@H]3O. The van der Waals surface area contributed by atoms with E-state index in [1.807, 2.05) is 0 Å². The lowest BCUT2D eigenvalue weighted by molar-refractivity contribution is -0.174. The second-order valence-electron chi connectivity index (χ2n) is 10.2. The lowest BCUT2D eigenvalue weighted by Gasteiger charge is -2.46. The Morgan fingerprint density at radius 3 is 2.19 bits per heavy atom. The zero-order valence-corrected chi connectivity index (χ0v) is 15.8. The highest BCUT2D eigenvalue weighted by Gasteiger charge is 2.74. The van der Waals surface area contributed by atoms with Crippen LogP contribution in [0.25, 0.3) is 0 Å². The molecule has 0 aromatic carbocycles. The van der Waals surface area contributed by atoms with Gasteiger partial charge in [0.1, 0.15) is 5.60 Å². The number of aliphatic hydroxyl groups excluding tert-OH is 4. The third-order valence-electron chi connectivity index (χ3n) is 8.76. The van der Waals surface area contributed by atoms with Crippen LogP contribution in [0.1, 0.15) is 46.5 Å². The molecule has 0 radical (unpaired) electrons. The Labute approximate surface area is 154 Å². The molecule has 0 aromatic heterocycles. The van der Waals surface area contributed by atoms with Gasteiger partial charge in [0.05, 0.1) is 30.0 Å². The molecule has 6 nitrogen and oxygen atoms in total. The van der Waals surface area contributed by atoms with Gasteiger partial charge in [0, 0.05) is 22.7 Å². The molecule has 4 aliphatic rings. The number of hydrogen-bond donors (Lipinski definition) is 6. The van der Waals surface area contributed by atoms with Crippen molar-refractivity contribution in [3.63, 3.8) is 0 Å². The fourth-order valence-corrected chi connectivity index (χ4v) is 7.34. The second-order valence-corrected chi connectivity index (χ2v) is 10.2. The van der Waals surface area contributed by atoms with E-state index in [2.05, 4.69) is 6.58 Å². The van der Waals surface area contributed by atoms with Crippen molar-refractivity contribution in [2.24, 2.45) is 28.6 Å². The van der Waals surface area contributed by atoms with Crippen LogP contribution in [0.15, 0.2) is 12.2 Å². The molecule has 4 rings (SSSR count). The van der Waals surface area contributed by atoms with Crippen molar-refractivity contribution in [1.82, 2.24) is 0 Å². The Balaban J connectivity index is 1.88. The lowest BCUT2D eigenvalue weighted by atomic mass is 9.61. The molecular weight excluding hydrogens is 336 g/mol. The van der Waals surface area contributed by atoms with Crippen LogP contribution in [-0.2, 0) is 0 Å². The van der Waals surface area contributed by atoms with E-state index in [0.29, 0.717) is 24.8 Å². The maximum atomic E-state index is 11.6. The van der Waals surface area contributed by atoms with Crippen molar-refractivity contribution in [1.29, 1.82) is 0 Å². The summed E-state index contributed by atoms with van der Waals surface area (Å²) in [6, 6.07) is 0. The van der Waals surface area contributed by atoms with Crippen molar-refractivity contribution in [2.45, 2.75) is 82.1 Å². The summed E-state index contributed by atoms with van der Waals surface area (Å²) in [7, 11) is 0. The second kappa shape index (κ2) is 5.10. The van der Waals surface area contributed by atoms with Gasteiger partial charge in [0.15, 0.2) is 0 Å². The standard InChI is InChI=1S/C20H32O6/c1-9-10-5-6-11-15(23)19(10,8-18(11,4)25)7-12(21)20(26)13(9)14(22)16(24)17(20,2)3/h10-16,21-26H,1,5-8H2,2-4H3/t10-,11+,12-,13+,14-,15+,16-,18+,19-,20+/m0/s1. The van der Waals surface area contributed by atoms with Crippen molar-refractivity contribution < 1.29 is 30.6 Å². The predicted octanol–water partition coefficient (Wildman–Crippen LogP) is -0.0557. The molecule has 4 aliphatic carbocycles.